The third-order valence-electron chi connectivity index (χ3n) is 3.62. The summed E-state index contributed by atoms with van der Waals surface area (Å²) in [4.78, 5) is 2.04. The Hall–Kier alpha value is -1.69. The molecule has 0 saturated carbocycles. The van der Waals surface area contributed by atoms with Crippen LogP contribution in [0.2, 0.25) is 10.0 Å². The van der Waals surface area contributed by atoms with E-state index in [-0.39, 0.29) is 6.04 Å². The van der Waals surface area contributed by atoms with E-state index >= 15 is 0 Å². The summed E-state index contributed by atoms with van der Waals surface area (Å²) in [6.45, 7) is 0.774. The van der Waals surface area contributed by atoms with Crippen LogP contribution in [0.15, 0.2) is 42.5 Å². The summed E-state index contributed by atoms with van der Waals surface area (Å²) in [6, 6.07) is 15.6. The first-order valence-electron chi connectivity index (χ1n) is 6.40. The molecule has 0 N–H and O–H groups in total. The average Bonchev–Trinajstić information content (AvgIpc) is 2.46. The molecule has 0 radical (unpaired) electrons. The predicted molar refractivity (Wildman–Crippen MR) is 82.3 cm³/mol. The summed E-state index contributed by atoms with van der Waals surface area (Å²) in [6.07, 6.45) is 0.910. The number of nitrogens with zero attached hydrogens (tertiary/aromatic N) is 2. The zero-order valence-corrected chi connectivity index (χ0v) is 12.2. The van der Waals surface area contributed by atoms with E-state index in [0.29, 0.717) is 10.0 Å². The van der Waals surface area contributed by atoms with Crippen LogP contribution in [0, 0.1) is 11.3 Å². The molecule has 1 atom stereocenters. The molecule has 1 aliphatic heterocycles. The minimum atomic E-state index is -0.307. The third-order valence-corrected chi connectivity index (χ3v) is 4.16. The van der Waals surface area contributed by atoms with E-state index in [1.165, 1.54) is 5.56 Å². The van der Waals surface area contributed by atoms with Gasteiger partial charge in [-0.25, -0.2) is 0 Å². The van der Waals surface area contributed by atoms with Crippen LogP contribution >= 0.6 is 23.2 Å². The van der Waals surface area contributed by atoms with Crippen molar-refractivity contribution in [2.24, 2.45) is 0 Å². The fourth-order valence-corrected chi connectivity index (χ4v) is 3.20. The summed E-state index contributed by atoms with van der Waals surface area (Å²) in [5.74, 6) is 0. The van der Waals surface area contributed by atoms with Crippen LogP contribution in [0.1, 0.15) is 17.2 Å². The van der Waals surface area contributed by atoms with E-state index in [0.717, 1.165) is 24.2 Å². The maximum Gasteiger partial charge on any atom is 0.143 e. The van der Waals surface area contributed by atoms with Gasteiger partial charge in [0.2, 0.25) is 0 Å². The van der Waals surface area contributed by atoms with Gasteiger partial charge >= 0.3 is 0 Å². The van der Waals surface area contributed by atoms with Gasteiger partial charge in [0, 0.05) is 11.6 Å². The lowest BCUT2D eigenvalue weighted by Crippen LogP contribution is -2.34. The Morgan fingerprint density at radius 1 is 1.15 bits per heavy atom. The molecule has 3 rings (SSSR count). The topological polar surface area (TPSA) is 27.0 Å². The average molecular weight is 303 g/mol. The minimum absolute atomic E-state index is 0.307. The molecule has 0 bridgehead atoms. The minimum Gasteiger partial charge on any atom is -0.350 e. The van der Waals surface area contributed by atoms with E-state index in [1.54, 1.807) is 12.1 Å². The quantitative estimate of drug-likeness (QED) is 0.768. The first kappa shape index (κ1) is 13.3. The molecule has 0 aromatic heterocycles. The molecule has 4 heteroatoms. The van der Waals surface area contributed by atoms with Crippen molar-refractivity contribution in [3.05, 3.63) is 63.6 Å². The van der Waals surface area contributed by atoms with Gasteiger partial charge in [-0.05, 0) is 35.7 Å². The van der Waals surface area contributed by atoms with Crippen LogP contribution in [-0.4, -0.2) is 6.54 Å². The fourth-order valence-electron chi connectivity index (χ4n) is 2.68. The van der Waals surface area contributed by atoms with Gasteiger partial charge in [-0.15, -0.1) is 0 Å². The zero-order valence-electron chi connectivity index (χ0n) is 10.7. The molecule has 2 aromatic rings. The molecule has 0 saturated heterocycles. The number of nitriles is 1. The molecular weight excluding hydrogens is 291 g/mol. The summed E-state index contributed by atoms with van der Waals surface area (Å²) in [7, 11) is 0. The highest BCUT2D eigenvalue weighted by Gasteiger charge is 2.28. The second-order valence-electron chi connectivity index (χ2n) is 4.77. The Morgan fingerprint density at radius 2 is 1.95 bits per heavy atom. The Bertz CT molecular complexity index is 691. The highest BCUT2D eigenvalue weighted by atomic mass is 35.5. The van der Waals surface area contributed by atoms with Gasteiger partial charge in [-0.1, -0.05) is 47.5 Å². The summed E-state index contributed by atoms with van der Waals surface area (Å²) in [5, 5.41) is 10.7. The molecule has 2 aromatic carbocycles. The van der Waals surface area contributed by atoms with Crippen LogP contribution in [0.4, 0.5) is 5.69 Å². The van der Waals surface area contributed by atoms with Crippen molar-refractivity contribution in [1.82, 2.24) is 0 Å². The molecule has 0 aliphatic carbocycles. The molecule has 1 aliphatic rings. The van der Waals surface area contributed by atoms with Gasteiger partial charge in [0.05, 0.1) is 16.8 Å². The van der Waals surface area contributed by atoms with Crippen molar-refractivity contribution >= 4 is 28.9 Å². The number of hydrogen-bond acceptors (Lipinski definition) is 2. The van der Waals surface area contributed by atoms with Crippen LogP contribution in [0.3, 0.4) is 0 Å². The van der Waals surface area contributed by atoms with Crippen molar-refractivity contribution in [1.29, 1.82) is 5.26 Å². The molecule has 20 heavy (non-hydrogen) atoms. The third kappa shape index (κ3) is 2.24. The highest BCUT2D eigenvalue weighted by Crippen LogP contribution is 2.37. The Morgan fingerprint density at radius 3 is 2.70 bits per heavy atom. The van der Waals surface area contributed by atoms with Gasteiger partial charge in [-0.2, -0.15) is 5.26 Å². The lowest BCUT2D eigenvalue weighted by Gasteiger charge is -2.35. The molecule has 0 spiro atoms. The number of rotatable bonds is 1. The Kier molecular flexibility index (Phi) is 3.56. The van der Waals surface area contributed by atoms with Crippen molar-refractivity contribution in [3.8, 4) is 6.07 Å². The van der Waals surface area contributed by atoms with Crippen molar-refractivity contribution < 1.29 is 0 Å². The second-order valence-corrected chi connectivity index (χ2v) is 5.61. The van der Waals surface area contributed by atoms with E-state index in [1.807, 2.05) is 29.2 Å². The summed E-state index contributed by atoms with van der Waals surface area (Å²) >= 11 is 12.2. The molecule has 0 fully saturated rings. The van der Waals surface area contributed by atoms with Gasteiger partial charge in [0.25, 0.3) is 0 Å². The molecule has 100 valence electrons. The lowest BCUT2D eigenvalue weighted by atomic mass is 9.93. The monoisotopic (exact) mass is 302 g/mol. The molecule has 1 heterocycles. The van der Waals surface area contributed by atoms with E-state index in [2.05, 4.69) is 12.1 Å². The van der Waals surface area contributed by atoms with Crippen molar-refractivity contribution in [3.63, 3.8) is 0 Å². The van der Waals surface area contributed by atoms with E-state index < -0.39 is 0 Å². The summed E-state index contributed by atoms with van der Waals surface area (Å²) in [5.41, 5.74) is 3.16. The highest BCUT2D eigenvalue weighted by molar-refractivity contribution is 6.36. The van der Waals surface area contributed by atoms with Crippen LogP contribution < -0.4 is 4.90 Å². The molecule has 0 amide bonds. The predicted octanol–water partition coefficient (Wildman–Crippen LogP) is 4.62. The van der Waals surface area contributed by atoms with Gasteiger partial charge < -0.3 is 4.90 Å². The molecule has 1 unspecified atom stereocenters. The Labute approximate surface area is 128 Å². The molecule has 2 nitrogen and oxygen atoms in total. The maximum absolute atomic E-state index is 9.55. The zero-order chi connectivity index (χ0) is 14.1. The van der Waals surface area contributed by atoms with Gasteiger partial charge in [0.1, 0.15) is 6.04 Å². The summed E-state index contributed by atoms with van der Waals surface area (Å²) < 4.78 is 0. The van der Waals surface area contributed by atoms with Crippen LogP contribution in [0.25, 0.3) is 0 Å². The number of hydrogen-bond donors (Lipinski definition) is 0. The van der Waals surface area contributed by atoms with Crippen LogP contribution in [-0.2, 0) is 6.42 Å². The number of fused-ring (bicyclic) bond motifs is 1. The molecular formula is C16H12Cl2N2. The lowest BCUT2D eigenvalue weighted by molar-refractivity contribution is 0.676. The maximum atomic E-state index is 9.55. The fraction of sp³-hybridized carbons (Fsp3) is 0.188. The first-order chi connectivity index (χ1) is 9.70. The van der Waals surface area contributed by atoms with E-state index in [9.17, 15) is 5.26 Å². The SMILES string of the molecule is N#CC1c2ccccc2CCN1c1ccc(Cl)cc1Cl. The van der Waals surface area contributed by atoms with Gasteiger partial charge in [0.15, 0.2) is 0 Å². The first-order valence-corrected chi connectivity index (χ1v) is 7.15. The Balaban J connectivity index is 2.06. The largest absolute Gasteiger partial charge is 0.350 e. The van der Waals surface area contributed by atoms with Crippen LogP contribution in [0.5, 0.6) is 0 Å². The van der Waals surface area contributed by atoms with Gasteiger partial charge in [-0.3, -0.25) is 0 Å². The standard InChI is InChI=1S/C16H12Cl2N2/c17-12-5-6-15(14(18)9-12)20-8-7-11-3-1-2-4-13(11)16(20)10-19/h1-6,9,16H,7-8H2. The number of halogens is 2. The van der Waals surface area contributed by atoms with E-state index in [4.69, 9.17) is 23.2 Å². The van der Waals surface area contributed by atoms with Crippen molar-refractivity contribution in [2.45, 2.75) is 12.5 Å². The second kappa shape index (κ2) is 5.36. The normalized spacial score (nSPS) is 17.4. The van der Waals surface area contributed by atoms with Crippen molar-refractivity contribution in [2.75, 3.05) is 11.4 Å². The smallest absolute Gasteiger partial charge is 0.143 e. The number of benzene rings is 2. The number of anilines is 1.